The third-order valence-electron chi connectivity index (χ3n) is 4.06. The maximum absolute atomic E-state index is 11.8. The van der Waals surface area contributed by atoms with E-state index in [4.69, 9.17) is 9.26 Å². The molecule has 0 aliphatic heterocycles. The first kappa shape index (κ1) is 22.0. The van der Waals surface area contributed by atoms with Crippen LogP contribution in [0, 0.1) is 6.92 Å². The summed E-state index contributed by atoms with van der Waals surface area (Å²) in [4.78, 5) is 24.6. The summed E-state index contributed by atoms with van der Waals surface area (Å²) in [5.41, 5.74) is 2.25. The van der Waals surface area contributed by atoms with Crippen LogP contribution in [-0.4, -0.2) is 52.6 Å². The van der Waals surface area contributed by atoms with Crippen molar-refractivity contribution < 1.29 is 23.9 Å². The van der Waals surface area contributed by atoms with E-state index < -0.39 is 6.09 Å². The van der Waals surface area contributed by atoms with E-state index in [1.165, 1.54) is 38.1 Å². The van der Waals surface area contributed by atoms with Crippen LogP contribution in [0.1, 0.15) is 11.5 Å². The lowest BCUT2D eigenvalue weighted by molar-refractivity contribution is 0.183. The molecule has 0 atom stereocenters. The highest BCUT2D eigenvalue weighted by atomic mass is 32.2. The van der Waals surface area contributed by atoms with Crippen LogP contribution in [0.25, 0.3) is 11.4 Å². The van der Waals surface area contributed by atoms with Crippen molar-refractivity contribution in [1.29, 1.82) is 0 Å². The van der Waals surface area contributed by atoms with E-state index >= 15 is 0 Å². The molecule has 160 valence electrons. The number of ether oxygens (including phenoxy) is 2. The zero-order valence-electron chi connectivity index (χ0n) is 17.3. The number of carbonyl (C=O) groups excluding carboxylic acids is 1. The highest BCUT2D eigenvalue weighted by molar-refractivity contribution is 8.15. The maximum atomic E-state index is 11.8. The first-order valence-corrected chi connectivity index (χ1v) is 10.2. The SMILES string of the molecule is COC(=O)N=C(SC)C(=Nc1ccc(-c2noc(C)n2)cc1)c1cc(O)cc(OC)c1. The van der Waals surface area contributed by atoms with Crippen LogP contribution in [0.5, 0.6) is 11.5 Å². The largest absolute Gasteiger partial charge is 0.508 e. The van der Waals surface area contributed by atoms with E-state index in [-0.39, 0.29) is 5.75 Å². The molecule has 3 aromatic rings. The fraction of sp³-hybridized carbons (Fsp3) is 0.190. The van der Waals surface area contributed by atoms with Crippen molar-refractivity contribution in [3.8, 4) is 22.9 Å². The number of phenolic OH excluding ortho intramolecular Hbond substituents is 1. The van der Waals surface area contributed by atoms with Crippen LogP contribution in [-0.2, 0) is 4.74 Å². The molecule has 0 spiro atoms. The second kappa shape index (κ2) is 9.90. The Labute approximate surface area is 182 Å². The summed E-state index contributed by atoms with van der Waals surface area (Å²) < 4.78 is 14.9. The van der Waals surface area contributed by atoms with Gasteiger partial charge < -0.3 is 19.1 Å². The number of nitrogens with zero attached hydrogens (tertiary/aromatic N) is 4. The van der Waals surface area contributed by atoms with Gasteiger partial charge in [-0.2, -0.15) is 9.98 Å². The van der Waals surface area contributed by atoms with Gasteiger partial charge in [-0.1, -0.05) is 5.16 Å². The van der Waals surface area contributed by atoms with Gasteiger partial charge in [-0.25, -0.2) is 9.79 Å². The molecule has 0 saturated heterocycles. The van der Waals surface area contributed by atoms with Gasteiger partial charge >= 0.3 is 6.09 Å². The standard InChI is InChI=1S/C21H20N4O5S/c1-12-22-19(25-30-12)13-5-7-15(8-6-13)23-18(20(31-4)24-21(27)29-3)14-9-16(26)11-17(10-14)28-2/h5-11,26H,1-4H3. The van der Waals surface area contributed by atoms with Crippen LogP contribution in [0.4, 0.5) is 10.5 Å². The van der Waals surface area contributed by atoms with Crippen molar-refractivity contribution in [2.24, 2.45) is 9.98 Å². The molecular weight excluding hydrogens is 420 g/mol. The summed E-state index contributed by atoms with van der Waals surface area (Å²) >= 11 is 1.22. The zero-order valence-corrected chi connectivity index (χ0v) is 18.1. The lowest BCUT2D eigenvalue weighted by Crippen LogP contribution is -2.14. The average molecular weight is 440 g/mol. The minimum absolute atomic E-state index is 0.0107. The van der Waals surface area contributed by atoms with E-state index in [1.54, 1.807) is 43.5 Å². The Kier molecular flexibility index (Phi) is 7.03. The number of phenols is 1. The Morgan fingerprint density at radius 2 is 1.90 bits per heavy atom. The molecule has 10 heteroatoms. The molecule has 0 bridgehead atoms. The number of methoxy groups -OCH3 is 2. The molecule has 0 saturated carbocycles. The first-order chi connectivity index (χ1) is 14.9. The molecule has 1 heterocycles. The average Bonchev–Trinajstić information content (AvgIpc) is 3.22. The number of hydrogen-bond donors (Lipinski definition) is 1. The molecule has 9 nitrogen and oxygen atoms in total. The summed E-state index contributed by atoms with van der Waals surface area (Å²) in [6, 6.07) is 11.8. The molecule has 0 radical (unpaired) electrons. The molecule has 0 aliphatic rings. The molecule has 1 aromatic heterocycles. The van der Waals surface area contributed by atoms with Crippen molar-refractivity contribution in [3.63, 3.8) is 0 Å². The topological polar surface area (TPSA) is 119 Å². The predicted molar refractivity (Wildman–Crippen MR) is 119 cm³/mol. The number of aromatic nitrogens is 2. The van der Waals surface area contributed by atoms with Crippen molar-refractivity contribution in [1.82, 2.24) is 10.1 Å². The highest BCUT2D eigenvalue weighted by Crippen LogP contribution is 2.26. The third-order valence-corrected chi connectivity index (χ3v) is 4.73. The molecular formula is C21H20N4O5S. The number of hydrogen-bond acceptors (Lipinski definition) is 9. The van der Waals surface area contributed by atoms with Gasteiger partial charge in [0.1, 0.15) is 22.3 Å². The van der Waals surface area contributed by atoms with Crippen molar-refractivity contribution in [2.45, 2.75) is 6.92 Å². The second-order valence-corrected chi connectivity index (χ2v) is 6.95. The van der Waals surface area contributed by atoms with Gasteiger partial charge in [0.05, 0.1) is 19.9 Å². The third kappa shape index (κ3) is 5.48. The molecule has 1 N–H and O–H groups in total. The Hall–Kier alpha value is -3.66. The molecule has 1 amide bonds. The minimum Gasteiger partial charge on any atom is -0.508 e. The lowest BCUT2D eigenvalue weighted by atomic mass is 10.1. The monoisotopic (exact) mass is 440 g/mol. The lowest BCUT2D eigenvalue weighted by Gasteiger charge is -2.11. The molecule has 0 unspecified atom stereocenters. The maximum Gasteiger partial charge on any atom is 0.434 e. The molecule has 3 rings (SSSR count). The fourth-order valence-corrected chi connectivity index (χ4v) is 3.15. The van der Waals surface area contributed by atoms with Crippen molar-refractivity contribution in [2.75, 3.05) is 20.5 Å². The summed E-state index contributed by atoms with van der Waals surface area (Å²) in [5, 5.41) is 14.3. The van der Waals surface area contributed by atoms with Crippen LogP contribution >= 0.6 is 11.8 Å². The summed E-state index contributed by atoms with van der Waals surface area (Å²) in [7, 11) is 2.74. The van der Waals surface area contributed by atoms with Gasteiger partial charge in [0.25, 0.3) is 0 Å². The van der Waals surface area contributed by atoms with Gasteiger partial charge in [-0.15, -0.1) is 11.8 Å². The molecule has 0 fully saturated rings. The van der Waals surface area contributed by atoms with Gasteiger partial charge in [-0.05, 0) is 42.7 Å². The van der Waals surface area contributed by atoms with Crippen LogP contribution in [0.2, 0.25) is 0 Å². The Bertz CT molecular complexity index is 1140. The number of benzene rings is 2. The van der Waals surface area contributed by atoms with E-state index in [0.717, 1.165) is 5.56 Å². The van der Waals surface area contributed by atoms with Gasteiger partial charge in [0.2, 0.25) is 11.7 Å². The number of thioether (sulfide) groups is 1. The van der Waals surface area contributed by atoms with Gasteiger partial charge in [0.15, 0.2) is 0 Å². The van der Waals surface area contributed by atoms with Gasteiger partial charge in [-0.3, -0.25) is 0 Å². The Balaban J connectivity index is 2.09. The quantitative estimate of drug-likeness (QED) is 0.458. The van der Waals surface area contributed by atoms with Crippen LogP contribution < -0.4 is 4.74 Å². The predicted octanol–water partition coefficient (Wildman–Crippen LogP) is 4.41. The normalized spacial score (nSPS) is 12.0. The minimum atomic E-state index is -0.757. The van der Waals surface area contributed by atoms with Crippen molar-refractivity contribution >= 4 is 34.3 Å². The molecule has 31 heavy (non-hydrogen) atoms. The Morgan fingerprint density at radius 3 is 2.48 bits per heavy atom. The first-order valence-electron chi connectivity index (χ1n) is 9.02. The summed E-state index contributed by atoms with van der Waals surface area (Å²) in [6.45, 7) is 1.72. The number of aliphatic imine (C=N–C) groups is 2. The van der Waals surface area contributed by atoms with Crippen LogP contribution in [0.15, 0.2) is 57.0 Å². The smallest absolute Gasteiger partial charge is 0.434 e. The Morgan fingerprint density at radius 1 is 1.16 bits per heavy atom. The van der Waals surface area contributed by atoms with E-state index in [2.05, 4.69) is 24.9 Å². The number of rotatable bonds is 5. The summed E-state index contributed by atoms with van der Waals surface area (Å²) in [5.74, 6) is 1.37. The van der Waals surface area contributed by atoms with Crippen LogP contribution in [0.3, 0.4) is 0 Å². The van der Waals surface area contributed by atoms with E-state index in [0.29, 0.717) is 39.5 Å². The fourth-order valence-electron chi connectivity index (χ4n) is 2.63. The number of amides is 1. The number of aryl methyl sites for hydroxylation is 1. The zero-order chi connectivity index (χ0) is 22.4. The van der Waals surface area contributed by atoms with Crippen molar-refractivity contribution in [3.05, 3.63) is 53.9 Å². The van der Waals surface area contributed by atoms with E-state index in [1.807, 2.05) is 0 Å². The summed E-state index contributed by atoms with van der Waals surface area (Å²) in [6.07, 6.45) is 1.01. The highest BCUT2D eigenvalue weighted by Gasteiger charge is 2.16. The second-order valence-electron chi connectivity index (χ2n) is 6.16. The number of aromatic hydroxyl groups is 1. The molecule has 0 aliphatic carbocycles. The number of carbonyl (C=O) groups is 1. The molecule has 2 aromatic carbocycles. The van der Waals surface area contributed by atoms with Gasteiger partial charge in [0, 0.05) is 24.1 Å². The van der Waals surface area contributed by atoms with E-state index in [9.17, 15) is 9.90 Å².